The van der Waals surface area contributed by atoms with Gasteiger partial charge in [-0.25, -0.2) is 0 Å². The fraction of sp³-hybridized carbons (Fsp3) is 0.133. The van der Waals surface area contributed by atoms with Crippen LogP contribution in [0, 0.1) is 13.8 Å². The van der Waals surface area contributed by atoms with Gasteiger partial charge in [0, 0.05) is 27.7 Å². The number of anilines is 2. The van der Waals surface area contributed by atoms with Crippen LogP contribution in [0.5, 0.6) is 0 Å². The van der Waals surface area contributed by atoms with Gasteiger partial charge < -0.3 is 11.1 Å². The van der Waals surface area contributed by atoms with Gasteiger partial charge in [-0.05, 0) is 32.0 Å². The fourth-order valence-electron chi connectivity index (χ4n) is 2.27. The zero-order chi connectivity index (χ0) is 15.0. The maximum atomic E-state index is 12.4. The molecule has 3 aromatic heterocycles. The maximum absolute atomic E-state index is 12.4. The molecule has 0 saturated carbocycles. The molecule has 0 bridgehead atoms. The van der Waals surface area contributed by atoms with E-state index >= 15 is 0 Å². The van der Waals surface area contributed by atoms with Crippen LogP contribution < -0.4 is 11.1 Å². The molecule has 3 aromatic rings. The Hall–Kier alpha value is -2.47. The van der Waals surface area contributed by atoms with Crippen molar-refractivity contribution >= 4 is 38.7 Å². The monoisotopic (exact) mass is 298 g/mol. The molecule has 21 heavy (non-hydrogen) atoms. The molecular weight excluding hydrogens is 284 g/mol. The molecule has 0 radical (unpaired) electrons. The number of amides is 1. The molecule has 3 heterocycles. The van der Waals surface area contributed by atoms with E-state index in [9.17, 15) is 4.79 Å². The van der Waals surface area contributed by atoms with E-state index in [1.807, 2.05) is 19.9 Å². The second kappa shape index (κ2) is 5.14. The standard InChI is InChI=1S/C15H14N4OS/c1-8-6-11-12(9(2)18-8)13(16)14(21-11)15(20)19-10-4-3-5-17-7-10/h3-7H,16H2,1-2H3,(H,19,20). The summed E-state index contributed by atoms with van der Waals surface area (Å²) in [6, 6.07) is 5.50. The van der Waals surface area contributed by atoms with Crippen molar-refractivity contribution in [3.8, 4) is 0 Å². The van der Waals surface area contributed by atoms with E-state index in [1.54, 1.807) is 24.5 Å². The molecule has 1 amide bonds. The minimum absolute atomic E-state index is 0.223. The zero-order valence-corrected chi connectivity index (χ0v) is 12.5. The van der Waals surface area contributed by atoms with Crippen LogP contribution in [0.2, 0.25) is 0 Å². The number of hydrogen-bond donors (Lipinski definition) is 2. The highest BCUT2D eigenvalue weighted by Gasteiger charge is 2.18. The van der Waals surface area contributed by atoms with Crippen molar-refractivity contribution in [2.75, 3.05) is 11.1 Å². The van der Waals surface area contributed by atoms with Crippen molar-refractivity contribution in [1.29, 1.82) is 0 Å². The Morgan fingerprint density at radius 3 is 2.90 bits per heavy atom. The molecule has 0 unspecified atom stereocenters. The number of hydrogen-bond acceptors (Lipinski definition) is 5. The summed E-state index contributed by atoms with van der Waals surface area (Å²) >= 11 is 1.38. The van der Waals surface area contributed by atoms with Crippen LogP contribution >= 0.6 is 11.3 Å². The summed E-state index contributed by atoms with van der Waals surface area (Å²) in [7, 11) is 0. The molecule has 0 saturated heterocycles. The normalized spacial score (nSPS) is 10.8. The van der Waals surface area contributed by atoms with Gasteiger partial charge in [-0.3, -0.25) is 14.8 Å². The van der Waals surface area contributed by atoms with E-state index in [0.29, 0.717) is 16.3 Å². The summed E-state index contributed by atoms with van der Waals surface area (Å²) in [5.41, 5.74) is 9.03. The number of thiophene rings is 1. The van der Waals surface area contributed by atoms with Crippen molar-refractivity contribution in [3.05, 3.63) is 46.9 Å². The second-order valence-corrected chi connectivity index (χ2v) is 5.82. The quantitative estimate of drug-likeness (QED) is 0.761. The van der Waals surface area contributed by atoms with Crippen LogP contribution in [-0.4, -0.2) is 15.9 Å². The van der Waals surface area contributed by atoms with Crippen molar-refractivity contribution in [1.82, 2.24) is 9.97 Å². The SMILES string of the molecule is Cc1cc2sc(C(=O)Nc3cccnc3)c(N)c2c(C)n1. The molecule has 6 heteroatoms. The van der Waals surface area contributed by atoms with Crippen LogP contribution in [-0.2, 0) is 0 Å². The smallest absolute Gasteiger partial charge is 0.267 e. The van der Waals surface area contributed by atoms with Crippen molar-refractivity contribution in [2.24, 2.45) is 0 Å². The first-order valence-corrected chi connectivity index (χ1v) is 7.25. The topological polar surface area (TPSA) is 80.9 Å². The van der Waals surface area contributed by atoms with Crippen LogP contribution in [0.15, 0.2) is 30.6 Å². The molecule has 5 nitrogen and oxygen atoms in total. The zero-order valence-electron chi connectivity index (χ0n) is 11.7. The highest BCUT2D eigenvalue weighted by atomic mass is 32.1. The van der Waals surface area contributed by atoms with Crippen molar-refractivity contribution < 1.29 is 4.79 Å². The van der Waals surface area contributed by atoms with Crippen molar-refractivity contribution in [2.45, 2.75) is 13.8 Å². The Bertz CT molecular complexity index is 827. The third kappa shape index (κ3) is 2.45. The van der Waals surface area contributed by atoms with E-state index in [0.717, 1.165) is 21.5 Å². The highest BCUT2D eigenvalue weighted by molar-refractivity contribution is 7.21. The summed E-state index contributed by atoms with van der Waals surface area (Å²) < 4.78 is 0.980. The minimum atomic E-state index is -0.223. The average Bonchev–Trinajstić information content (AvgIpc) is 2.77. The Morgan fingerprint density at radius 2 is 2.19 bits per heavy atom. The van der Waals surface area contributed by atoms with Gasteiger partial charge in [-0.1, -0.05) is 0 Å². The molecule has 106 valence electrons. The first-order chi connectivity index (χ1) is 10.1. The molecule has 0 atom stereocenters. The minimum Gasteiger partial charge on any atom is -0.397 e. The van der Waals surface area contributed by atoms with Gasteiger partial charge in [0.05, 0.1) is 17.6 Å². The van der Waals surface area contributed by atoms with Crippen molar-refractivity contribution in [3.63, 3.8) is 0 Å². The number of carbonyl (C=O) groups is 1. The van der Waals surface area contributed by atoms with E-state index in [4.69, 9.17) is 5.73 Å². The Balaban J connectivity index is 2.03. The summed E-state index contributed by atoms with van der Waals surface area (Å²) in [6.07, 6.45) is 3.25. The van der Waals surface area contributed by atoms with E-state index < -0.39 is 0 Å². The number of fused-ring (bicyclic) bond motifs is 1. The van der Waals surface area contributed by atoms with Gasteiger partial charge in [0.1, 0.15) is 4.88 Å². The average molecular weight is 298 g/mol. The summed E-state index contributed by atoms with van der Waals surface area (Å²) in [5.74, 6) is -0.223. The van der Waals surface area contributed by atoms with Crippen LogP contribution in [0.4, 0.5) is 11.4 Å². The first kappa shape index (κ1) is 13.5. The van der Waals surface area contributed by atoms with E-state index in [-0.39, 0.29) is 5.91 Å². The number of nitrogens with one attached hydrogen (secondary N) is 1. The number of carbonyl (C=O) groups excluding carboxylic acids is 1. The number of nitrogen functional groups attached to an aromatic ring is 1. The van der Waals surface area contributed by atoms with Gasteiger partial charge in [-0.15, -0.1) is 11.3 Å². The molecule has 0 aromatic carbocycles. The Kier molecular flexibility index (Phi) is 3.31. The van der Waals surface area contributed by atoms with Gasteiger partial charge in [-0.2, -0.15) is 0 Å². The lowest BCUT2D eigenvalue weighted by molar-refractivity contribution is 0.103. The molecular formula is C15H14N4OS. The lowest BCUT2D eigenvalue weighted by atomic mass is 10.2. The van der Waals surface area contributed by atoms with Gasteiger partial charge in [0.25, 0.3) is 5.91 Å². The van der Waals surface area contributed by atoms with Gasteiger partial charge in [0.15, 0.2) is 0 Å². The summed E-state index contributed by atoms with van der Waals surface area (Å²) in [5, 5.41) is 3.67. The molecule has 0 aliphatic rings. The summed E-state index contributed by atoms with van der Waals surface area (Å²) in [6.45, 7) is 3.83. The Morgan fingerprint density at radius 1 is 1.38 bits per heavy atom. The number of aryl methyl sites for hydroxylation is 2. The summed E-state index contributed by atoms with van der Waals surface area (Å²) in [4.78, 5) is 21.2. The van der Waals surface area contributed by atoms with Gasteiger partial charge >= 0.3 is 0 Å². The molecule has 0 aliphatic carbocycles. The van der Waals surface area contributed by atoms with Crippen LogP contribution in [0.1, 0.15) is 21.1 Å². The predicted octanol–water partition coefficient (Wildman–Crippen LogP) is 3.14. The number of rotatable bonds is 2. The predicted molar refractivity (Wildman–Crippen MR) is 85.7 cm³/mol. The van der Waals surface area contributed by atoms with E-state index in [1.165, 1.54) is 11.3 Å². The first-order valence-electron chi connectivity index (χ1n) is 6.44. The van der Waals surface area contributed by atoms with E-state index in [2.05, 4.69) is 15.3 Å². The highest BCUT2D eigenvalue weighted by Crippen LogP contribution is 2.35. The number of aromatic nitrogens is 2. The number of nitrogens with two attached hydrogens (primary N) is 1. The maximum Gasteiger partial charge on any atom is 0.267 e. The van der Waals surface area contributed by atoms with Crippen LogP contribution in [0.25, 0.3) is 10.1 Å². The van der Waals surface area contributed by atoms with Crippen LogP contribution in [0.3, 0.4) is 0 Å². The molecule has 3 N–H and O–H groups in total. The van der Waals surface area contributed by atoms with Gasteiger partial charge in [0.2, 0.25) is 0 Å². The molecule has 0 spiro atoms. The third-order valence-electron chi connectivity index (χ3n) is 3.14. The lowest BCUT2D eigenvalue weighted by Crippen LogP contribution is -2.12. The molecule has 0 fully saturated rings. The Labute approximate surface area is 125 Å². The molecule has 0 aliphatic heterocycles. The second-order valence-electron chi connectivity index (χ2n) is 4.76. The lowest BCUT2D eigenvalue weighted by Gasteiger charge is -2.03. The largest absolute Gasteiger partial charge is 0.397 e. The fourth-order valence-corrected chi connectivity index (χ4v) is 3.44. The number of pyridine rings is 2. The number of nitrogens with zero attached hydrogens (tertiary/aromatic N) is 2. The molecule has 3 rings (SSSR count). The third-order valence-corrected chi connectivity index (χ3v) is 4.30.